The summed E-state index contributed by atoms with van der Waals surface area (Å²) in [4.78, 5) is 5.99. The Morgan fingerprint density at radius 2 is 2.00 bits per heavy atom. The van der Waals surface area contributed by atoms with Gasteiger partial charge in [0.25, 0.3) is 0 Å². The number of rotatable bonds is 5. The molecule has 0 aliphatic heterocycles. The largest absolute Gasteiger partial charge is 0.300 e. The van der Waals surface area contributed by atoms with Crippen LogP contribution >= 0.6 is 23.6 Å². The molecule has 6 heteroatoms. The van der Waals surface area contributed by atoms with Crippen molar-refractivity contribution in [3.63, 3.8) is 0 Å². The maximum Gasteiger partial charge on any atom is 0.195 e. The lowest BCUT2D eigenvalue weighted by atomic mass is 10.1. The third-order valence-corrected chi connectivity index (χ3v) is 4.51. The Bertz CT molecular complexity index is 634. The first-order chi connectivity index (χ1) is 9.43. The number of thiazole rings is 1. The molecule has 110 valence electrons. The molecule has 0 amide bonds. The highest BCUT2D eigenvalue weighted by Gasteiger charge is 2.20. The van der Waals surface area contributed by atoms with Crippen LogP contribution in [-0.2, 0) is 13.0 Å². The molecule has 0 fully saturated rings. The van der Waals surface area contributed by atoms with E-state index in [-0.39, 0.29) is 0 Å². The normalized spacial score (nSPS) is 11.8. The maximum atomic E-state index is 5.29. The fourth-order valence-corrected chi connectivity index (χ4v) is 3.84. The molecule has 0 spiro atoms. The smallest absolute Gasteiger partial charge is 0.195 e. The van der Waals surface area contributed by atoms with E-state index in [1.807, 2.05) is 4.57 Å². The Morgan fingerprint density at radius 3 is 2.55 bits per heavy atom. The molecular formula is C14H22N4S2. The van der Waals surface area contributed by atoms with Crippen molar-refractivity contribution in [1.82, 2.24) is 19.7 Å². The van der Waals surface area contributed by atoms with Crippen LogP contribution in [0.15, 0.2) is 0 Å². The number of aromatic nitrogens is 4. The molecule has 0 aliphatic rings. The molecule has 2 aromatic rings. The summed E-state index contributed by atoms with van der Waals surface area (Å²) in [6.45, 7) is 11.7. The SMILES string of the molecule is CCn1c(-c2sc(CC(C)C)nc2C(C)C)n[nH]c1=S. The highest BCUT2D eigenvalue weighted by molar-refractivity contribution is 7.71. The van der Waals surface area contributed by atoms with E-state index in [0.29, 0.717) is 16.6 Å². The summed E-state index contributed by atoms with van der Waals surface area (Å²) in [5.41, 5.74) is 1.13. The highest BCUT2D eigenvalue weighted by Crippen LogP contribution is 2.34. The third-order valence-electron chi connectivity index (χ3n) is 3.10. The van der Waals surface area contributed by atoms with E-state index in [0.717, 1.165) is 29.4 Å². The van der Waals surface area contributed by atoms with Crippen LogP contribution < -0.4 is 0 Å². The molecule has 0 saturated heterocycles. The van der Waals surface area contributed by atoms with Gasteiger partial charge in [-0.25, -0.2) is 4.98 Å². The van der Waals surface area contributed by atoms with E-state index in [2.05, 4.69) is 44.8 Å². The second-order valence-electron chi connectivity index (χ2n) is 5.67. The van der Waals surface area contributed by atoms with Crippen LogP contribution in [0.3, 0.4) is 0 Å². The molecule has 20 heavy (non-hydrogen) atoms. The topological polar surface area (TPSA) is 46.5 Å². The number of hydrogen-bond acceptors (Lipinski definition) is 4. The van der Waals surface area contributed by atoms with Gasteiger partial charge in [0.2, 0.25) is 0 Å². The minimum atomic E-state index is 0.387. The van der Waals surface area contributed by atoms with Crippen LogP contribution in [0.25, 0.3) is 10.7 Å². The maximum absolute atomic E-state index is 5.29. The first-order valence-electron chi connectivity index (χ1n) is 7.09. The Kier molecular flexibility index (Phi) is 4.75. The number of H-pyrrole nitrogens is 1. The summed E-state index contributed by atoms with van der Waals surface area (Å²) in [5, 5.41) is 8.50. The Hall–Kier alpha value is -1.01. The molecule has 1 N–H and O–H groups in total. The van der Waals surface area contributed by atoms with Crippen LogP contribution in [0.4, 0.5) is 0 Å². The van der Waals surface area contributed by atoms with E-state index >= 15 is 0 Å². The number of aromatic amines is 1. The molecule has 0 aliphatic carbocycles. The minimum absolute atomic E-state index is 0.387. The lowest BCUT2D eigenvalue weighted by molar-refractivity contribution is 0.641. The average molecular weight is 310 g/mol. The second kappa shape index (κ2) is 6.18. The van der Waals surface area contributed by atoms with Gasteiger partial charge in [-0.15, -0.1) is 11.3 Å². The van der Waals surface area contributed by atoms with Gasteiger partial charge in [-0.3, -0.25) is 9.67 Å². The van der Waals surface area contributed by atoms with Crippen molar-refractivity contribution in [2.45, 2.75) is 53.5 Å². The zero-order valence-corrected chi connectivity index (χ0v) is 14.4. The number of hydrogen-bond donors (Lipinski definition) is 1. The van der Waals surface area contributed by atoms with E-state index in [4.69, 9.17) is 17.2 Å². The molecule has 2 aromatic heterocycles. The predicted molar refractivity (Wildman–Crippen MR) is 86.8 cm³/mol. The van der Waals surface area contributed by atoms with Crippen LogP contribution in [0.2, 0.25) is 0 Å². The van der Waals surface area contributed by atoms with Crippen molar-refractivity contribution >= 4 is 23.6 Å². The van der Waals surface area contributed by atoms with Gasteiger partial charge in [-0.05, 0) is 31.0 Å². The number of nitrogens with zero attached hydrogens (tertiary/aromatic N) is 3. The molecule has 0 radical (unpaired) electrons. The van der Waals surface area contributed by atoms with Gasteiger partial charge in [0.15, 0.2) is 10.6 Å². The zero-order valence-electron chi connectivity index (χ0n) is 12.7. The molecule has 4 nitrogen and oxygen atoms in total. The Morgan fingerprint density at radius 1 is 1.30 bits per heavy atom. The van der Waals surface area contributed by atoms with Crippen LogP contribution in [-0.4, -0.2) is 19.7 Å². The molecule has 0 atom stereocenters. The third kappa shape index (κ3) is 3.01. The van der Waals surface area contributed by atoms with Crippen molar-refractivity contribution in [2.75, 3.05) is 0 Å². The predicted octanol–water partition coefficient (Wildman–Crippen LogP) is 4.41. The standard InChI is InChI=1S/C14H22N4S2/c1-6-18-13(16-17-14(18)19)12-11(9(4)5)15-10(20-12)7-8(2)3/h8-9H,6-7H2,1-5H3,(H,17,19). The van der Waals surface area contributed by atoms with E-state index in [1.165, 1.54) is 5.01 Å². The zero-order chi connectivity index (χ0) is 14.9. The molecular weight excluding hydrogens is 288 g/mol. The van der Waals surface area contributed by atoms with E-state index in [9.17, 15) is 0 Å². The van der Waals surface area contributed by atoms with Gasteiger partial charge in [0.05, 0.1) is 15.6 Å². The van der Waals surface area contributed by atoms with Crippen molar-refractivity contribution in [2.24, 2.45) is 5.92 Å². The number of nitrogens with one attached hydrogen (secondary N) is 1. The molecule has 0 aromatic carbocycles. The molecule has 0 bridgehead atoms. The Balaban J connectivity index is 2.54. The molecule has 0 unspecified atom stereocenters. The van der Waals surface area contributed by atoms with Crippen molar-refractivity contribution < 1.29 is 0 Å². The summed E-state index contributed by atoms with van der Waals surface area (Å²) in [5.74, 6) is 1.92. The van der Waals surface area contributed by atoms with Gasteiger partial charge in [-0.1, -0.05) is 27.7 Å². The lowest BCUT2D eigenvalue weighted by Gasteiger charge is -2.05. The van der Waals surface area contributed by atoms with Gasteiger partial charge in [-0.2, -0.15) is 5.10 Å². The van der Waals surface area contributed by atoms with Crippen molar-refractivity contribution in [3.8, 4) is 10.7 Å². The van der Waals surface area contributed by atoms with Gasteiger partial charge < -0.3 is 0 Å². The summed E-state index contributed by atoms with van der Waals surface area (Å²) in [7, 11) is 0. The van der Waals surface area contributed by atoms with Crippen LogP contribution in [0.5, 0.6) is 0 Å². The first-order valence-corrected chi connectivity index (χ1v) is 8.31. The monoisotopic (exact) mass is 310 g/mol. The van der Waals surface area contributed by atoms with Gasteiger partial charge in [0.1, 0.15) is 0 Å². The average Bonchev–Trinajstić information content (AvgIpc) is 2.91. The van der Waals surface area contributed by atoms with Gasteiger partial charge in [0, 0.05) is 13.0 Å². The first kappa shape index (κ1) is 15.4. The fourth-order valence-electron chi connectivity index (χ4n) is 2.15. The van der Waals surface area contributed by atoms with E-state index in [1.54, 1.807) is 11.3 Å². The quantitative estimate of drug-likeness (QED) is 0.832. The summed E-state index contributed by atoms with van der Waals surface area (Å²) < 4.78 is 2.71. The highest BCUT2D eigenvalue weighted by atomic mass is 32.1. The van der Waals surface area contributed by atoms with Crippen LogP contribution in [0, 0.1) is 10.7 Å². The summed E-state index contributed by atoms with van der Waals surface area (Å²) in [6, 6.07) is 0. The fraction of sp³-hybridized carbons (Fsp3) is 0.643. The Labute approximate surface area is 129 Å². The van der Waals surface area contributed by atoms with E-state index < -0.39 is 0 Å². The molecule has 2 heterocycles. The summed E-state index contributed by atoms with van der Waals surface area (Å²) >= 11 is 7.04. The minimum Gasteiger partial charge on any atom is -0.300 e. The molecule has 2 rings (SSSR count). The molecule has 0 saturated carbocycles. The van der Waals surface area contributed by atoms with Crippen molar-refractivity contribution in [1.29, 1.82) is 0 Å². The van der Waals surface area contributed by atoms with Crippen molar-refractivity contribution in [3.05, 3.63) is 15.5 Å². The summed E-state index contributed by atoms with van der Waals surface area (Å²) in [6.07, 6.45) is 1.02. The van der Waals surface area contributed by atoms with Gasteiger partial charge >= 0.3 is 0 Å². The lowest BCUT2D eigenvalue weighted by Crippen LogP contribution is -1.99. The second-order valence-corrected chi connectivity index (χ2v) is 7.14. The van der Waals surface area contributed by atoms with Crippen LogP contribution in [0.1, 0.15) is 51.2 Å².